The molecule has 1 spiro atoms. The van der Waals surface area contributed by atoms with Crippen LogP contribution in [0.4, 0.5) is 4.79 Å². The number of benzene rings is 1. The van der Waals surface area contributed by atoms with Crippen LogP contribution < -0.4 is 5.32 Å². The van der Waals surface area contributed by atoms with E-state index in [9.17, 15) is 14.4 Å². The molecule has 30 heavy (non-hydrogen) atoms. The minimum atomic E-state index is -0.738. The maximum atomic E-state index is 12.7. The molecule has 1 saturated heterocycles. The molecular formula is C22H24ClN3O4. The zero-order valence-corrected chi connectivity index (χ0v) is 17.6. The molecule has 2 heterocycles. The molecule has 158 valence electrons. The van der Waals surface area contributed by atoms with E-state index < -0.39 is 11.6 Å². The van der Waals surface area contributed by atoms with Gasteiger partial charge in [0.25, 0.3) is 5.91 Å². The number of hydrogen-bond acceptors (Lipinski definition) is 4. The highest BCUT2D eigenvalue weighted by atomic mass is 35.5. The van der Waals surface area contributed by atoms with Crippen molar-refractivity contribution in [2.45, 2.75) is 44.2 Å². The smallest absolute Gasteiger partial charge is 0.325 e. The van der Waals surface area contributed by atoms with Crippen LogP contribution in [0.25, 0.3) is 11.3 Å². The second-order valence-corrected chi connectivity index (χ2v) is 8.39. The number of hydrogen-bond donors (Lipinski definition) is 1. The molecular weight excluding hydrogens is 406 g/mol. The van der Waals surface area contributed by atoms with Crippen molar-refractivity contribution in [1.82, 2.24) is 15.1 Å². The van der Waals surface area contributed by atoms with Crippen LogP contribution in [0.3, 0.4) is 0 Å². The molecule has 1 saturated carbocycles. The zero-order chi connectivity index (χ0) is 21.3. The van der Waals surface area contributed by atoms with Crippen LogP contribution in [0, 0.1) is 0 Å². The van der Waals surface area contributed by atoms with Gasteiger partial charge in [-0.3, -0.25) is 14.5 Å². The number of nitrogens with zero attached hydrogens (tertiary/aromatic N) is 2. The summed E-state index contributed by atoms with van der Waals surface area (Å²) in [6.45, 7) is 0.389. The van der Waals surface area contributed by atoms with Gasteiger partial charge in [-0.15, -0.1) is 0 Å². The third kappa shape index (κ3) is 3.94. The first kappa shape index (κ1) is 20.5. The van der Waals surface area contributed by atoms with E-state index in [-0.39, 0.29) is 24.8 Å². The third-order valence-electron chi connectivity index (χ3n) is 5.86. The fourth-order valence-electron chi connectivity index (χ4n) is 4.15. The number of furan rings is 1. The number of carbonyl (C=O) groups is 3. The Hall–Kier alpha value is -2.80. The molecule has 0 bridgehead atoms. The van der Waals surface area contributed by atoms with Crippen molar-refractivity contribution in [3.8, 4) is 11.3 Å². The fraction of sp³-hybridized carbons (Fsp3) is 0.409. The molecule has 4 rings (SSSR count). The molecule has 2 aromatic rings. The number of imide groups is 1. The predicted molar refractivity (Wildman–Crippen MR) is 112 cm³/mol. The van der Waals surface area contributed by atoms with E-state index >= 15 is 0 Å². The number of halogens is 1. The average Bonchev–Trinajstić information content (AvgIpc) is 3.43. The highest BCUT2D eigenvalue weighted by Crippen LogP contribution is 2.35. The van der Waals surface area contributed by atoms with Crippen molar-refractivity contribution in [3.05, 3.63) is 47.2 Å². The van der Waals surface area contributed by atoms with Crippen LogP contribution in [-0.2, 0) is 16.1 Å². The number of carbonyl (C=O) groups excluding carboxylic acids is 3. The summed E-state index contributed by atoms with van der Waals surface area (Å²) in [7, 11) is 1.68. The summed E-state index contributed by atoms with van der Waals surface area (Å²) >= 11 is 5.91. The molecule has 1 aliphatic heterocycles. The third-order valence-corrected chi connectivity index (χ3v) is 6.11. The Balaban J connectivity index is 1.32. The molecule has 1 aliphatic carbocycles. The van der Waals surface area contributed by atoms with Gasteiger partial charge in [0.1, 0.15) is 17.1 Å². The van der Waals surface area contributed by atoms with Gasteiger partial charge in [0.15, 0.2) is 0 Å². The Morgan fingerprint density at radius 2 is 1.87 bits per heavy atom. The van der Waals surface area contributed by atoms with Crippen LogP contribution >= 0.6 is 11.6 Å². The monoisotopic (exact) mass is 429 g/mol. The Bertz CT molecular complexity index is 963. The van der Waals surface area contributed by atoms with Gasteiger partial charge in [-0.25, -0.2) is 4.79 Å². The van der Waals surface area contributed by atoms with Gasteiger partial charge < -0.3 is 14.6 Å². The van der Waals surface area contributed by atoms with Gasteiger partial charge in [-0.2, -0.15) is 0 Å². The number of amides is 4. The summed E-state index contributed by atoms with van der Waals surface area (Å²) in [4.78, 5) is 40.2. The van der Waals surface area contributed by atoms with Gasteiger partial charge >= 0.3 is 6.03 Å². The molecule has 1 aromatic heterocycles. The largest absolute Gasteiger partial charge is 0.459 e. The van der Waals surface area contributed by atoms with E-state index in [0.717, 1.165) is 18.4 Å². The first-order valence-electron chi connectivity index (χ1n) is 10.1. The standard InChI is InChI=1S/C22H24ClN3O4/c1-25(14-17-8-9-18(30-17)15-4-6-16(23)7-5-15)19(27)10-13-26-20(28)22(24-21(26)29)11-2-3-12-22/h4-9H,2-3,10-14H2,1H3,(H,24,29). The average molecular weight is 430 g/mol. The van der Waals surface area contributed by atoms with Crippen LogP contribution in [0.1, 0.15) is 37.9 Å². The van der Waals surface area contributed by atoms with Gasteiger partial charge in [-0.05, 0) is 49.2 Å². The van der Waals surface area contributed by atoms with Crippen molar-refractivity contribution in [3.63, 3.8) is 0 Å². The van der Waals surface area contributed by atoms with E-state index in [1.807, 2.05) is 24.3 Å². The normalized spacial score (nSPS) is 17.6. The molecule has 8 heteroatoms. The van der Waals surface area contributed by atoms with E-state index in [1.165, 1.54) is 9.80 Å². The lowest BCUT2D eigenvalue weighted by Crippen LogP contribution is -2.44. The highest BCUT2D eigenvalue weighted by molar-refractivity contribution is 6.30. The second-order valence-electron chi connectivity index (χ2n) is 7.95. The van der Waals surface area contributed by atoms with E-state index in [0.29, 0.717) is 35.9 Å². The van der Waals surface area contributed by atoms with E-state index in [1.54, 1.807) is 19.2 Å². The minimum absolute atomic E-state index is 0.0799. The molecule has 0 radical (unpaired) electrons. The molecule has 1 N–H and O–H groups in total. The molecule has 7 nitrogen and oxygen atoms in total. The van der Waals surface area contributed by atoms with Crippen molar-refractivity contribution in [1.29, 1.82) is 0 Å². The minimum Gasteiger partial charge on any atom is -0.459 e. The quantitative estimate of drug-likeness (QED) is 0.708. The van der Waals surface area contributed by atoms with Crippen molar-refractivity contribution in [2.75, 3.05) is 13.6 Å². The maximum absolute atomic E-state index is 12.7. The molecule has 2 fully saturated rings. The molecule has 0 unspecified atom stereocenters. The number of rotatable bonds is 6. The van der Waals surface area contributed by atoms with Crippen molar-refractivity contribution < 1.29 is 18.8 Å². The summed E-state index contributed by atoms with van der Waals surface area (Å²) in [5.74, 6) is 0.992. The van der Waals surface area contributed by atoms with E-state index in [2.05, 4.69) is 5.32 Å². The fourth-order valence-corrected chi connectivity index (χ4v) is 4.28. The number of nitrogens with one attached hydrogen (secondary N) is 1. The lowest BCUT2D eigenvalue weighted by Gasteiger charge is -2.21. The summed E-state index contributed by atoms with van der Waals surface area (Å²) < 4.78 is 5.84. The van der Waals surface area contributed by atoms with Gasteiger partial charge in [0, 0.05) is 30.6 Å². The van der Waals surface area contributed by atoms with Crippen LogP contribution in [0.2, 0.25) is 5.02 Å². The highest BCUT2D eigenvalue weighted by Gasteiger charge is 2.52. The first-order valence-corrected chi connectivity index (χ1v) is 10.5. The zero-order valence-electron chi connectivity index (χ0n) is 16.8. The molecule has 4 amide bonds. The predicted octanol–water partition coefficient (Wildman–Crippen LogP) is 3.81. The van der Waals surface area contributed by atoms with E-state index in [4.69, 9.17) is 16.0 Å². The Morgan fingerprint density at radius 1 is 1.17 bits per heavy atom. The van der Waals surface area contributed by atoms with Crippen LogP contribution in [-0.4, -0.2) is 46.8 Å². The first-order chi connectivity index (χ1) is 14.4. The molecule has 1 aromatic carbocycles. The van der Waals surface area contributed by atoms with Crippen LogP contribution in [0.15, 0.2) is 40.8 Å². The summed E-state index contributed by atoms with van der Waals surface area (Å²) in [5, 5.41) is 3.49. The van der Waals surface area contributed by atoms with Gasteiger partial charge in [0.2, 0.25) is 5.91 Å². The number of urea groups is 1. The van der Waals surface area contributed by atoms with Gasteiger partial charge in [0.05, 0.1) is 6.54 Å². The van der Waals surface area contributed by atoms with Crippen molar-refractivity contribution in [2.24, 2.45) is 0 Å². The summed E-state index contributed by atoms with van der Waals surface area (Å²) in [5.41, 5.74) is 0.164. The summed E-state index contributed by atoms with van der Waals surface area (Å²) in [6.07, 6.45) is 3.30. The summed E-state index contributed by atoms with van der Waals surface area (Å²) in [6, 6.07) is 10.6. The van der Waals surface area contributed by atoms with Crippen molar-refractivity contribution >= 4 is 29.4 Å². The Morgan fingerprint density at radius 3 is 2.57 bits per heavy atom. The molecule has 2 aliphatic rings. The lowest BCUT2D eigenvalue weighted by molar-refractivity contribution is -0.133. The Kier molecular flexibility index (Phi) is 5.56. The second kappa shape index (κ2) is 8.14. The Labute approximate surface area is 180 Å². The lowest BCUT2D eigenvalue weighted by atomic mass is 9.98. The molecule has 0 atom stereocenters. The topological polar surface area (TPSA) is 82.9 Å². The van der Waals surface area contributed by atoms with Crippen LogP contribution in [0.5, 0.6) is 0 Å². The maximum Gasteiger partial charge on any atom is 0.325 e. The van der Waals surface area contributed by atoms with Gasteiger partial charge in [-0.1, -0.05) is 24.4 Å². The SMILES string of the molecule is CN(Cc1ccc(-c2ccc(Cl)cc2)o1)C(=O)CCN1C(=O)NC2(CCCC2)C1=O.